The van der Waals surface area contributed by atoms with Gasteiger partial charge in [-0.15, -0.1) is 0 Å². The standard InChI is InChI=1S/C9H9N3O/c1-13-9-2-6-4-11-5-12-8(6)3-7(9)10/h2-5H,10H2,1H3. The summed E-state index contributed by atoms with van der Waals surface area (Å²) in [5.41, 5.74) is 7.13. The molecule has 0 saturated carbocycles. The van der Waals surface area contributed by atoms with Crippen molar-refractivity contribution >= 4 is 16.6 Å². The summed E-state index contributed by atoms with van der Waals surface area (Å²) in [6.45, 7) is 0. The molecule has 1 aromatic heterocycles. The number of fused-ring (bicyclic) bond motifs is 1. The SMILES string of the molecule is COc1cc2cncnc2cc1N. The van der Waals surface area contributed by atoms with E-state index in [1.54, 1.807) is 19.4 Å². The molecule has 13 heavy (non-hydrogen) atoms. The third kappa shape index (κ3) is 1.26. The molecule has 1 heterocycles. The number of ether oxygens (including phenoxy) is 1. The molecule has 0 radical (unpaired) electrons. The molecule has 0 spiro atoms. The molecule has 0 fully saturated rings. The van der Waals surface area contributed by atoms with Crippen LogP contribution in [-0.2, 0) is 0 Å². The van der Waals surface area contributed by atoms with Gasteiger partial charge in [0.25, 0.3) is 0 Å². The van der Waals surface area contributed by atoms with Crippen LogP contribution >= 0.6 is 0 Å². The van der Waals surface area contributed by atoms with Crippen molar-refractivity contribution in [3.8, 4) is 5.75 Å². The first-order valence-corrected chi connectivity index (χ1v) is 3.84. The van der Waals surface area contributed by atoms with Crippen molar-refractivity contribution in [2.75, 3.05) is 12.8 Å². The molecule has 4 heteroatoms. The quantitative estimate of drug-likeness (QED) is 0.662. The highest BCUT2D eigenvalue weighted by molar-refractivity contribution is 5.84. The smallest absolute Gasteiger partial charge is 0.142 e. The maximum atomic E-state index is 5.71. The summed E-state index contributed by atoms with van der Waals surface area (Å²) >= 11 is 0. The second-order valence-electron chi connectivity index (χ2n) is 2.68. The molecule has 0 aliphatic carbocycles. The molecule has 4 nitrogen and oxygen atoms in total. The van der Waals surface area contributed by atoms with Crippen LogP contribution in [0.25, 0.3) is 10.9 Å². The minimum atomic E-state index is 0.591. The minimum absolute atomic E-state index is 0.591. The van der Waals surface area contributed by atoms with Crippen molar-refractivity contribution in [3.05, 3.63) is 24.7 Å². The van der Waals surface area contributed by atoms with E-state index >= 15 is 0 Å². The van der Waals surface area contributed by atoms with Crippen LogP contribution < -0.4 is 10.5 Å². The Hall–Kier alpha value is -1.84. The van der Waals surface area contributed by atoms with E-state index in [1.165, 1.54) is 6.33 Å². The van der Waals surface area contributed by atoms with E-state index in [0.717, 1.165) is 10.9 Å². The first kappa shape index (κ1) is 7.79. The number of hydrogen-bond acceptors (Lipinski definition) is 4. The summed E-state index contributed by atoms with van der Waals surface area (Å²) in [5.74, 6) is 0.655. The fraction of sp³-hybridized carbons (Fsp3) is 0.111. The Labute approximate surface area is 75.4 Å². The first-order valence-electron chi connectivity index (χ1n) is 3.84. The Morgan fingerprint density at radius 3 is 3.00 bits per heavy atom. The molecule has 0 unspecified atom stereocenters. The number of rotatable bonds is 1. The van der Waals surface area contributed by atoms with Gasteiger partial charge in [-0.1, -0.05) is 0 Å². The Morgan fingerprint density at radius 2 is 2.23 bits per heavy atom. The Bertz CT molecular complexity index is 442. The van der Waals surface area contributed by atoms with Gasteiger partial charge in [0.15, 0.2) is 0 Å². The normalized spacial score (nSPS) is 10.2. The van der Waals surface area contributed by atoms with Gasteiger partial charge in [0, 0.05) is 11.6 Å². The van der Waals surface area contributed by atoms with Gasteiger partial charge in [0.2, 0.25) is 0 Å². The highest BCUT2D eigenvalue weighted by Gasteiger charge is 2.01. The zero-order valence-electron chi connectivity index (χ0n) is 7.19. The molecule has 2 rings (SSSR count). The van der Waals surface area contributed by atoms with Crippen LogP contribution in [0.1, 0.15) is 0 Å². The predicted octanol–water partition coefficient (Wildman–Crippen LogP) is 1.22. The fourth-order valence-corrected chi connectivity index (χ4v) is 1.20. The van der Waals surface area contributed by atoms with E-state index in [4.69, 9.17) is 10.5 Å². The minimum Gasteiger partial charge on any atom is -0.495 e. The van der Waals surface area contributed by atoms with Crippen LogP contribution in [0.3, 0.4) is 0 Å². The van der Waals surface area contributed by atoms with Gasteiger partial charge < -0.3 is 10.5 Å². The van der Waals surface area contributed by atoms with Crippen molar-refractivity contribution < 1.29 is 4.74 Å². The second-order valence-corrected chi connectivity index (χ2v) is 2.68. The van der Waals surface area contributed by atoms with Gasteiger partial charge in [0.1, 0.15) is 12.1 Å². The summed E-state index contributed by atoms with van der Waals surface area (Å²) in [4.78, 5) is 7.98. The first-order chi connectivity index (χ1) is 6.31. The molecule has 66 valence electrons. The summed E-state index contributed by atoms with van der Waals surface area (Å²) in [6.07, 6.45) is 3.22. The Morgan fingerprint density at radius 1 is 1.38 bits per heavy atom. The summed E-state index contributed by atoms with van der Waals surface area (Å²) < 4.78 is 5.07. The van der Waals surface area contributed by atoms with E-state index in [1.807, 2.05) is 6.07 Å². The van der Waals surface area contributed by atoms with Gasteiger partial charge in [-0.2, -0.15) is 0 Å². The molecular weight excluding hydrogens is 166 g/mol. The number of methoxy groups -OCH3 is 1. The number of hydrogen-bond donors (Lipinski definition) is 1. The van der Waals surface area contributed by atoms with Crippen molar-refractivity contribution in [1.82, 2.24) is 9.97 Å². The third-order valence-corrected chi connectivity index (χ3v) is 1.86. The average Bonchev–Trinajstić information content (AvgIpc) is 2.17. The second kappa shape index (κ2) is 2.90. The van der Waals surface area contributed by atoms with Crippen LogP contribution in [0.2, 0.25) is 0 Å². The number of anilines is 1. The van der Waals surface area contributed by atoms with E-state index < -0.39 is 0 Å². The van der Waals surface area contributed by atoms with E-state index in [-0.39, 0.29) is 0 Å². The van der Waals surface area contributed by atoms with Crippen molar-refractivity contribution in [2.45, 2.75) is 0 Å². The van der Waals surface area contributed by atoms with Crippen LogP contribution in [0.4, 0.5) is 5.69 Å². The maximum Gasteiger partial charge on any atom is 0.142 e. The van der Waals surface area contributed by atoms with E-state index in [2.05, 4.69) is 9.97 Å². The molecule has 2 N–H and O–H groups in total. The molecule has 0 bridgehead atoms. The highest BCUT2D eigenvalue weighted by atomic mass is 16.5. The number of aromatic nitrogens is 2. The number of benzene rings is 1. The van der Waals surface area contributed by atoms with Crippen molar-refractivity contribution in [1.29, 1.82) is 0 Å². The average molecular weight is 175 g/mol. The van der Waals surface area contributed by atoms with Gasteiger partial charge in [0.05, 0.1) is 18.3 Å². The molecule has 0 atom stereocenters. The lowest BCUT2D eigenvalue weighted by Crippen LogP contribution is -1.93. The molecule has 0 amide bonds. The monoisotopic (exact) mass is 175 g/mol. The molecule has 1 aromatic carbocycles. The molecule has 2 aromatic rings. The Kier molecular flexibility index (Phi) is 1.73. The fourth-order valence-electron chi connectivity index (χ4n) is 1.20. The summed E-state index contributed by atoms with van der Waals surface area (Å²) in [7, 11) is 1.58. The Balaban J connectivity index is 2.74. The van der Waals surface area contributed by atoms with Gasteiger partial charge >= 0.3 is 0 Å². The van der Waals surface area contributed by atoms with Crippen LogP contribution in [0.5, 0.6) is 5.75 Å². The predicted molar refractivity (Wildman–Crippen MR) is 50.5 cm³/mol. The molecule has 0 aliphatic rings. The zero-order valence-corrected chi connectivity index (χ0v) is 7.19. The van der Waals surface area contributed by atoms with Crippen LogP contribution in [0, 0.1) is 0 Å². The van der Waals surface area contributed by atoms with Crippen LogP contribution in [-0.4, -0.2) is 17.1 Å². The number of nitrogens with zero attached hydrogens (tertiary/aromatic N) is 2. The van der Waals surface area contributed by atoms with Gasteiger partial charge in [-0.25, -0.2) is 9.97 Å². The number of nitrogen functional groups attached to an aromatic ring is 1. The van der Waals surface area contributed by atoms with E-state index in [9.17, 15) is 0 Å². The molecule has 0 aliphatic heterocycles. The lowest BCUT2D eigenvalue weighted by Gasteiger charge is -2.04. The van der Waals surface area contributed by atoms with Crippen LogP contribution in [0.15, 0.2) is 24.7 Å². The van der Waals surface area contributed by atoms with E-state index in [0.29, 0.717) is 11.4 Å². The lowest BCUT2D eigenvalue weighted by molar-refractivity contribution is 0.417. The topological polar surface area (TPSA) is 61.0 Å². The van der Waals surface area contributed by atoms with Gasteiger partial charge in [-0.3, -0.25) is 0 Å². The van der Waals surface area contributed by atoms with Gasteiger partial charge in [-0.05, 0) is 12.1 Å². The summed E-state index contributed by atoms with van der Waals surface area (Å²) in [6, 6.07) is 3.60. The number of nitrogens with two attached hydrogens (primary N) is 1. The molecule has 0 saturated heterocycles. The zero-order chi connectivity index (χ0) is 9.26. The highest BCUT2D eigenvalue weighted by Crippen LogP contribution is 2.25. The third-order valence-electron chi connectivity index (χ3n) is 1.86. The molecular formula is C9H9N3O. The largest absolute Gasteiger partial charge is 0.495 e. The maximum absolute atomic E-state index is 5.71. The van der Waals surface area contributed by atoms with Crippen molar-refractivity contribution in [3.63, 3.8) is 0 Å². The lowest BCUT2D eigenvalue weighted by atomic mass is 10.2. The summed E-state index contributed by atoms with van der Waals surface area (Å²) in [5, 5.41) is 0.925. The van der Waals surface area contributed by atoms with Crippen molar-refractivity contribution in [2.24, 2.45) is 0 Å².